The monoisotopic (exact) mass is 281 g/mol. The van der Waals surface area contributed by atoms with Crippen molar-refractivity contribution in [1.29, 1.82) is 0 Å². The molecule has 0 radical (unpaired) electrons. The summed E-state index contributed by atoms with van der Waals surface area (Å²) in [5.74, 6) is 0.0180. The Balaban J connectivity index is 1.64. The molecule has 3 rings (SSSR count). The fourth-order valence-corrected chi connectivity index (χ4v) is 3.80. The Hall–Kier alpha value is -0.960. The van der Waals surface area contributed by atoms with Gasteiger partial charge in [0.1, 0.15) is 0 Å². The first-order valence-corrected chi connectivity index (χ1v) is 7.60. The molecule has 1 aromatic rings. The van der Waals surface area contributed by atoms with Crippen LogP contribution in [0.2, 0.25) is 5.22 Å². The fourth-order valence-electron chi connectivity index (χ4n) is 3.60. The van der Waals surface area contributed by atoms with E-state index in [0.29, 0.717) is 11.0 Å². The van der Waals surface area contributed by atoms with E-state index < -0.39 is 0 Å². The van der Waals surface area contributed by atoms with Gasteiger partial charge in [-0.25, -0.2) is 0 Å². The summed E-state index contributed by atoms with van der Waals surface area (Å²) >= 11 is 5.88. The summed E-state index contributed by atoms with van der Waals surface area (Å²) in [5.41, 5.74) is 1.02. The molecule has 1 spiro atoms. The van der Waals surface area contributed by atoms with E-state index in [0.717, 1.165) is 25.9 Å². The van der Waals surface area contributed by atoms with Gasteiger partial charge in [-0.05, 0) is 48.8 Å². The smallest absolute Gasteiger partial charge is 0.258 e. The predicted molar refractivity (Wildman–Crippen MR) is 74.4 cm³/mol. The molecule has 4 heteroatoms. The number of furan rings is 1. The third kappa shape index (κ3) is 2.53. The van der Waals surface area contributed by atoms with Crippen molar-refractivity contribution < 1.29 is 9.21 Å². The van der Waals surface area contributed by atoms with Crippen LogP contribution in [0.15, 0.2) is 16.7 Å². The van der Waals surface area contributed by atoms with Crippen LogP contribution in [-0.4, -0.2) is 23.9 Å². The number of carbonyl (C=O) groups is 1. The van der Waals surface area contributed by atoms with Crippen molar-refractivity contribution in [3.05, 3.63) is 23.1 Å². The van der Waals surface area contributed by atoms with E-state index in [9.17, 15) is 4.79 Å². The number of carbonyl (C=O) groups excluding carboxylic acids is 1. The van der Waals surface area contributed by atoms with Gasteiger partial charge < -0.3 is 9.32 Å². The van der Waals surface area contributed by atoms with E-state index in [1.807, 2.05) is 4.90 Å². The van der Waals surface area contributed by atoms with Gasteiger partial charge in [-0.15, -0.1) is 0 Å². The molecule has 1 amide bonds. The second-order valence-electron chi connectivity index (χ2n) is 5.96. The third-order valence-corrected chi connectivity index (χ3v) is 5.17. The first kappa shape index (κ1) is 13.0. The Kier molecular flexibility index (Phi) is 3.57. The van der Waals surface area contributed by atoms with E-state index in [-0.39, 0.29) is 11.1 Å². The average Bonchev–Trinajstić information content (AvgIpc) is 2.86. The first-order chi connectivity index (χ1) is 9.20. The number of likely N-dealkylation sites (tertiary alicyclic amines) is 1. The Morgan fingerprint density at radius 3 is 2.42 bits per heavy atom. The SMILES string of the molecule is O=C(c1ccoc1Cl)N1CCC2(CCCCC2)CC1. The zero-order chi connectivity index (χ0) is 13.3. The number of hydrogen-bond acceptors (Lipinski definition) is 2. The third-order valence-electron chi connectivity index (χ3n) is 4.87. The Morgan fingerprint density at radius 1 is 1.16 bits per heavy atom. The van der Waals surface area contributed by atoms with E-state index in [2.05, 4.69) is 0 Å². The number of halogens is 1. The van der Waals surface area contributed by atoms with Gasteiger partial charge in [0, 0.05) is 13.1 Å². The zero-order valence-corrected chi connectivity index (χ0v) is 11.9. The molecule has 104 valence electrons. The van der Waals surface area contributed by atoms with Crippen LogP contribution < -0.4 is 0 Å². The van der Waals surface area contributed by atoms with Crippen LogP contribution >= 0.6 is 11.6 Å². The summed E-state index contributed by atoms with van der Waals surface area (Å²) in [5, 5.41) is 0.211. The lowest BCUT2D eigenvalue weighted by Crippen LogP contribution is -2.43. The molecule has 0 aromatic carbocycles. The van der Waals surface area contributed by atoms with Gasteiger partial charge in [-0.1, -0.05) is 19.3 Å². The highest BCUT2D eigenvalue weighted by atomic mass is 35.5. The van der Waals surface area contributed by atoms with Crippen LogP contribution in [0.5, 0.6) is 0 Å². The number of nitrogens with zero attached hydrogens (tertiary/aromatic N) is 1. The summed E-state index contributed by atoms with van der Waals surface area (Å²) in [7, 11) is 0. The molecule has 2 fully saturated rings. The van der Waals surface area contributed by atoms with E-state index >= 15 is 0 Å². The summed E-state index contributed by atoms with van der Waals surface area (Å²) < 4.78 is 5.00. The summed E-state index contributed by atoms with van der Waals surface area (Å²) in [6.45, 7) is 1.72. The van der Waals surface area contributed by atoms with Crippen molar-refractivity contribution in [2.45, 2.75) is 44.9 Å². The number of rotatable bonds is 1. The van der Waals surface area contributed by atoms with Crippen LogP contribution in [0.1, 0.15) is 55.3 Å². The molecule has 3 nitrogen and oxygen atoms in total. The average molecular weight is 282 g/mol. The normalized spacial score (nSPS) is 22.7. The lowest BCUT2D eigenvalue weighted by atomic mass is 9.68. The lowest BCUT2D eigenvalue weighted by molar-refractivity contribution is 0.0471. The van der Waals surface area contributed by atoms with Gasteiger partial charge >= 0.3 is 0 Å². The first-order valence-electron chi connectivity index (χ1n) is 7.23. The predicted octanol–water partition coefficient (Wildman–Crippen LogP) is 4.12. The molecule has 19 heavy (non-hydrogen) atoms. The van der Waals surface area contributed by atoms with Crippen molar-refractivity contribution in [1.82, 2.24) is 4.90 Å². The second-order valence-corrected chi connectivity index (χ2v) is 6.30. The lowest BCUT2D eigenvalue weighted by Gasteiger charge is -2.44. The van der Waals surface area contributed by atoms with Gasteiger partial charge in [0.25, 0.3) is 5.91 Å². The van der Waals surface area contributed by atoms with Crippen LogP contribution in [0, 0.1) is 5.41 Å². The minimum Gasteiger partial charge on any atom is -0.452 e. The molecular formula is C15H20ClNO2. The Bertz CT molecular complexity index is 452. The molecule has 0 N–H and O–H groups in total. The molecule has 2 aliphatic rings. The molecule has 0 unspecified atom stereocenters. The quantitative estimate of drug-likeness (QED) is 0.776. The summed E-state index contributed by atoms with van der Waals surface area (Å²) in [4.78, 5) is 14.3. The number of piperidine rings is 1. The summed E-state index contributed by atoms with van der Waals surface area (Å²) in [6, 6.07) is 1.66. The van der Waals surface area contributed by atoms with Gasteiger partial charge in [0.05, 0.1) is 11.8 Å². The molecule has 1 aromatic heterocycles. The topological polar surface area (TPSA) is 33.5 Å². The molecule has 0 bridgehead atoms. The number of hydrogen-bond donors (Lipinski definition) is 0. The maximum Gasteiger partial charge on any atom is 0.258 e. The van der Waals surface area contributed by atoms with Gasteiger partial charge in [-0.3, -0.25) is 4.79 Å². The maximum absolute atomic E-state index is 12.3. The molecule has 1 saturated carbocycles. The molecule has 1 aliphatic heterocycles. The highest BCUT2D eigenvalue weighted by Gasteiger charge is 2.37. The largest absolute Gasteiger partial charge is 0.452 e. The Labute approximate surface area is 118 Å². The van der Waals surface area contributed by atoms with Crippen LogP contribution in [0.3, 0.4) is 0 Å². The van der Waals surface area contributed by atoms with Crippen molar-refractivity contribution in [2.24, 2.45) is 5.41 Å². The van der Waals surface area contributed by atoms with Crippen LogP contribution in [0.25, 0.3) is 0 Å². The zero-order valence-electron chi connectivity index (χ0n) is 11.2. The van der Waals surface area contributed by atoms with Crippen molar-refractivity contribution in [2.75, 3.05) is 13.1 Å². The van der Waals surface area contributed by atoms with Gasteiger partial charge in [-0.2, -0.15) is 0 Å². The van der Waals surface area contributed by atoms with Crippen molar-refractivity contribution >= 4 is 17.5 Å². The van der Waals surface area contributed by atoms with Crippen LogP contribution in [-0.2, 0) is 0 Å². The molecule has 1 aliphatic carbocycles. The van der Waals surface area contributed by atoms with E-state index in [1.165, 1.54) is 38.4 Å². The van der Waals surface area contributed by atoms with Crippen LogP contribution in [0.4, 0.5) is 0 Å². The molecule has 0 atom stereocenters. The molecular weight excluding hydrogens is 262 g/mol. The standard InChI is InChI=1S/C15H20ClNO2/c16-13-12(4-11-19-13)14(18)17-9-7-15(8-10-17)5-2-1-3-6-15/h4,11H,1-3,5-10H2. The fraction of sp³-hybridized carbons (Fsp3) is 0.667. The molecule has 2 heterocycles. The van der Waals surface area contributed by atoms with E-state index in [1.54, 1.807) is 6.07 Å². The van der Waals surface area contributed by atoms with Gasteiger partial charge in [0.15, 0.2) is 0 Å². The van der Waals surface area contributed by atoms with Crippen molar-refractivity contribution in [3.63, 3.8) is 0 Å². The van der Waals surface area contributed by atoms with Gasteiger partial charge in [0.2, 0.25) is 5.22 Å². The minimum absolute atomic E-state index is 0.0180. The Morgan fingerprint density at radius 2 is 1.84 bits per heavy atom. The minimum atomic E-state index is 0.0180. The summed E-state index contributed by atoms with van der Waals surface area (Å²) in [6.07, 6.45) is 10.6. The second kappa shape index (κ2) is 5.20. The number of amides is 1. The maximum atomic E-state index is 12.3. The van der Waals surface area contributed by atoms with Crippen molar-refractivity contribution in [3.8, 4) is 0 Å². The highest BCUT2D eigenvalue weighted by molar-refractivity contribution is 6.32. The molecule has 1 saturated heterocycles. The van der Waals surface area contributed by atoms with E-state index in [4.69, 9.17) is 16.0 Å². The highest BCUT2D eigenvalue weighted by Crippen LogP contribution is 2.44.